The quantitative estimate of drug-likeness (QED) is 0.687. The Hall–Kier alpha value is -1.84. The van der Waals surface area contributed by atoms with E-state index in [0.29, 0.717) is 5.56 Å². The first kappa shape index (κ1) is 10.2. The molecule has 0 saturated carbocycles. The second kappa shape index (κ2) is 4.41. The van der Waals surface area contributed by atoms with Crippen molar-refractivity contribution in [3.05, 3.63) is 50.3 Å². The highest BCUT2D eigenvalue weighted by molar-refractivity contribution is 5.48. The zero-order valence-corrected chi connectivity index (χ0v) is 8.13. The van der Waals surface area contributed by atoms with E-state index in [-0.39, 0.29) is 5.56 Å². The van der Waals surface area contributed by atoms with E-state index in [1.807, 2.05) is 19.9 Å². The number of aromatic nitrogens is 2. The van der Waals surface area contributed by atoms with Gasteiger partial charge in [-0.3, -0.25) is 9.78 Å². The average Bonchev–Trinajstić information content (AvgIpc) is 2.08. The molecule has 4 nitrogen and oxygen atoms in total. The minimum absolute atomic E-state index is 0.382. The number of aromatic amines is 2. The van der Waals surface area contributed by atoms with Crippen LogP contribution in [0.15, 0.2) is 33.5 Å². The lowest BCUT2D eigenvalue weighted by Gasteiger charge is -1.89. The Bertz CT molecular complexity index is 473. The van der Waals surface area contributed by atoms with E-state index in [0.717, 1.165) is 5.57 Å². The van der Waals surface area contributed by atoms with Crippen molar-refractivity contribution in [2.75, 3.05) is 0 Å². The van der Waals surface area contributed by atoms with Gasteiger partial charge in [-0.25, -0.2) is 4.79 Å². The molecule has 0 aromatic carbocycles. The van der Waals surface area contributed by atoms with Crippen molar-refractivity contribution in [3.8, 4) is 0 Å². The SMILES string of the molecule is CC(C)=CC=Cc1c[nH]c(=O)[nH]c1=O. The first-order valence-electron chi connectivity index (χ1n) is 4.23. The van der Waals surface area contributed by atoms with Crippen LogP contribution in [0.3, 0.4) is 0 Å². The van der Waals surface area contributed by atoms with Crippen molar-refractivity contribution < 1.29 is 0 Å². The summed E-state index contributed by atoms with van der Waals surface area (Å²) in [7, 11) is 0. The Kier molecular flexibility index (Phi) is 3.23. The summed E-state index contributed by atoms with van der Waals surface area (Å²) in [6.45, 7) is 3.92. The Labute approximate surface area is 81.0 Å². The third kappa shape index (κ3) is 2.90. The van der Waals surface area contributed by atoms with Gasteiger partial charge in [-0.05, 0) is 19.9 Å². The lowest BCUT2D eigenvalue weighted by Crippen LogP contribution is -2.22. The van der Waals surface area contributed by atoms with E-state index in [2.05, 4.69) is 9.97 Å². The van der Waals surface area contributed by atoms with Crippen molar-refractivity contribution >= 4 is 6.08 Å². The fourth-order valence-electron chi connectivity index (χ4n) is 0.888. The van der Waals surface area contributed by atoms with Crippen LogP contribution in [0.25, 0.3) is 6.08 Å². The van der Waals surface area contributed by atoms with Crippen LogP contribution in [0.1, 0.15) is 19.4 Å². The van der Waals surface area contributed by atoms with Gasteiger partial charge in [0.25, 0.3) is 5.56 Å². The maximum Gasteiger partial charge on any atom is 0.325 e. The van der Waals surface area contributed by atoms with Crippen molar-refractivity contribution in [1.82, 2.24) is 9.97 Å². The number of allylic oxidation sites excluding steroid dienone is 3. The van der Waals surface area contributed by atoms with Crippen LogP contribution >= 0.6 is 0 Å². The van der Waals surface area contributed by atoms with Crippen LogP contribution in [0.5, 0.6) is 0 Å². The summed E-state index contributed by atoms with van der Waals surface area (Å²) in [4.78, 5) is 26.4. The van der Waals surface area contributed by atoms with Gasteiger partial charge in [-0.1, -0.05) is 17.7 Å². The van der Waals surface area contributed by atoms with Gasteiger partial charge in [-0.15, -0.1) is 0 Å². The molecule has 0 amide bonds. The van der Waals surface area contributed by atoms with Gasteiger partial charge in [0.05, 0.1) is 5.56 Å². The molecule has 1 aromatic heterocycles. The predicted molar refractivity (Wildman–Crippen MR) is 56.1 cm³/mol. The highest BCUT2D eigenvalue weighted by Crippen LogP contribution is 1.93. The van der Waals surface area contributed by atoms with Crippen molar-refractivity contribution in [2.24, 2.45) is 0 Å². The molecule has 0 unspecified atom stereocenters. The first-order valence-corrected chi connectivity index (χ1v) is 4.23. The van der Waals surface area contributed by atoms with Crippen LogP contribution < -0.4 is 11.2 Å². The fourth-order valence-corrected chi connectivity index (χ4v) is 0.888. The summed E-state index contributed by atoms with van der Waals surface area (Å²) in [6, 6.07) is 0. The van der Waals surface area contributed by atoms with Gasteiger partial charge < -0.3 is 4.98 Å². The van der Waals surface area contributed by atoms with Gasteiger partial charge in [0, 0.05) is 6.20 Å². The molecule has 0 bridgehead atoms. The summed E-state index contributed by atoms with van der Waals surface area (Å²) in [5.74, 6) is 0. The van der Waals surface area contributed by atoms with E-state index in [4.69, 9.17) is 0 Å². The van der Waals surface area contributed by atoms with Crippen molar-refractivity contribution in [2.45, 2.75) is 13.8 Å². The van der Waals surface area contributed by atoms with Crippen LogP contribution in [-0.4, -0.2) is 9.97 Å². The van der Waals surface area contributed by atoms with Gasteiger partial charge >= 0.3 is 5.69 Å². The zero-order valence-electron chi connectivity index (χ0n) is 8.13. The summed E-state index contributed by atoms with van der Waals surface area (Å²) >= 11 is 0. The first-order chi connectivity index (χ1) is 6.59. The van der Waals surface area contributed by atoms with E-state index in [9.17, 15) is 9.59 Å². The van der Waals surface area contributed by atoms with Gasteiger partial charge in [0.15, 0.2) is 0 Å². The maximum absolute atomic E-state index is 11.2. The topological polar surface area (TPSA) is 65.7 Å². The molecule has 4 heteroatoms. The molecule has 0 saturated heterocycles. The zero-order chi connectivity index (χ0) is 10.6. The molecule has 0 spiro atoms. The fraction of sp³-hybridized carbons (Fsp3) is 0.200. The van der Waals surface area contributed by atoms with Crippen LogP contribution in [-0.2, 0) is 0 Å². The number of hydrogen-bond donors (Lipinski definition) is 2. The second-order valence-electron chi connectivity index (χ2n) is 3.13. The third-order valence-electron chi connectivity index (χ3n) is 1.55. The molecule has 0 aliphatic rings. The normalized spacial score (nSPS) is 10.4. The lowest BCUT2D eigenvalue weighted by atomic mass is 10.2. The molecule has 74 valence electrons. The van der Waals surface area contributed by atoms with Crippen molar-refractivity contribution in [1.29, 1.82) is 0 Å². The minimum Gasteiger partial charge on any atom is -0.314 e. The predicted octanol–water partition coefficient (Wildman–Crippen LogP) is 1.04. The second-order valence-corrected chi connectivity index (χ2v) is 3.13. The Morgan fingerprint density at radius 3 is 2.64 bits per heavy atom. The Morgan fingerprint density at radius 2 is 2.07 bits per heavy atom. The van der Waals surface area contributed by atoms with E-state index in [1.165, 1.54) is 6.20 Å². The summed E-state index contributed by atoms with van der Waals surface area (Å²) in [5.41, 5.74) is 0.700. The molecule has 0 aliphatic carbocycles. The van der Waals surface area contributed by atoms with Crippen LogP contribution in [0.4, 0.5) is 0 Å². The molecule has 0 atom stereocenters. The molecule has 0 aliphatic heterocycles. The van der Waals surface area contributed by atoms with Gasteiger partial charge in [0.2, 0.25) is 0 Å². The molecule has 14 heavy (non-hydrogen) atoms. The molecule has 1 heterocycles. The molecule has 0 fully saturated rings. The molecule has 1 aromatic rings. The third-order valence-corrected chi connectivity index (χ3v) is 1.55. The van der Waals surface area contributed by atoms with E-state index in [1.54, 1.807) is 12.2 Å². The summed E-state index contributed by atoms with van der Waals surface area (Å²) in [6.07, 6.45) is 6.67. The highest BCUT2D eigenvalue weighted by atomic mass is 16.2. The largest absolute Gasteiger partial charge is 0.325 e. The van der Waals surface area contributed by atoms with E-state index < -0.39 is 5.69 Å². The van der Waals surface area contributed by atoms with Gasteiger partial charge in [0.1, 0.15) is 0 Å². The lowest BCUT2D eigenvalue weighted by molar-refractivity contribution is 1.03. The monoisotopic (exact) mass is 192 g/mol. The number of rotatable bonds is 2. The molecule has 0 radical (unpaired) electrons. The molecule has 1 rings (SSSR count). The minimum atomic E-state index is -0.491. The Balaban J connectivity index is 2.99. The van der Waals surface area contributed by atoms with E-state index >= 15 is 0 Å². The average molecular weight is 192 g/mol. The smallest absolute Gasteiger partial charge is 0.314 e. The number of nitrogens with one attached hydrogen (secondary N) is 2. The standard InChI is InChI=1S/C10H12N2O2/c1-7(2)4-3-5-8-6-11-10(14)12-9(8)13/h3-6H,1-2H3,(H2,11,12,13,14). The van der Waals surface area contributed by atoms with Crippen LogP contribution in [0, 0.1) is 0 Å². The summed E-state index contributed by atoms with van der Waals surface area (Å²) in [5, 5.41) is 0. The maximum atomic E-state index is 11.2. The number of hydrogen-bond acceptors (Lipinski definition) is 2. The molecular formula is C10H12N2O2. The van der Waals surface area contributed by atoms with Crippen molar-refractivity contribution in [3.63, 3.8) is 0 Å². The highest BCUT2D eigenvalue weighted by Gasteiger charge is 1.93. The van der Waals surface area contributed by atoms with Gasteiger partial charge in [-0.2, -0.15) is 0 Å². The Morgan fingerprint density at radius 1 is 1.36 bits per heavy atom. The van der Waals surface area contributed by atoms with Crippen LogP contribution in [0.2, 0.25) is 0 Å². The number of H-pyrrole nitrogens is 2. The summed E-state index contributed by atoms with van der Waals surface area (Å²) < 4.78 is 0. The molecular weight excluding hydrogens is 180 g/mol. The molecule has 2 N–H and O–H groups in total.